The zero-order valence-electron chi connectivity index (χ0n) is 18.2. The van der Waals surface area contributed by atoms with E-state index in [2.05, 4.69) is 74.5 Å². The van der Waals surface area contributed by atoms with Crippen LogP contribution in [0.25, 0.3) is 33.4 Å². The van der Waals surface area contributed by atoms with Gasteiger partial charge in [-0.05, 0) is 61.5 Å². The molecule has 6 heteroatoms. The third-order valence-corrected chi connectivity index (χ3v) is 6.16. The lowest BCUT2D eigenvalue weighted by atomic mass is 10.0. The van der Waals surface area contributed by atoms with Crippen molar-refractivity contribution < 1.29 is 4.74 Å². The van der Waals surface area contributed by atoms with Crippen molar-refractivity contribution in [2.24, 2.45) is 0 Å². The molecular weight excluding hydrogens is 386 g/mol. The largest absolute Gasteiger partial charge is 0.496 e. The summed E-state index contributed by atoms with van der Waals surface area (Å²) in [5, 5.41) is 8.59. The Morgan fingerprint density at radius 2 is 1.65 bits per heavy atom. The lowest BCUT2D eigenvalue weighted by molar-refractivity contribution is 0.313. The van der Waals surface area contributed by atoms with Crippen LogP contribution in [0, 0.1) is 6.92 Å². The third kappa shape index (κ3) is 3.75. The number of aromatic amines is 1. The van der Waals surface area contributed by atoms with Gasteiger partial charge in [0.15, 0.2) is 5.65 Å². The van der Waals surface area contributed by atoms with Gasteiger partial charge in [0.25, 0.3) is 0 Å². The van der Waals surface area contributed by atoms with Crippen LogP contribution in [0.5, 0.6) is 5.75 Å². The Bertz CT molecular complexity index is 1210. The number of rotatable bonds is 4. The van der Waals surface area contributed by atoms with Gasteiger partial charge in [0.2, 0.25) is 0 Å². The van der Waals surface area contributed by atoms with Gasteiger partial charge in [0.1, 0.15) is 5.75 Å². The van der Waals surface area contributed by atoms with Crippen LogP contribution in [0.15, 0.2) is 54.7 Å². The van der Waals surface area contributed by atoms with E-state index in [0.29, 0.717) is 0 Å². The number of nitrogens with zero attached hydrogens (tertiary/aromatic N) is 4. The van der Waals surface area contributed by atoms with Crippen LogP contribution < -0.4 is 9.64 Å². The number of fused-ring (bicyclic) bond motifs is 1. The maximum Gasteiger partial charge on any atom is 0.181 e. The summed E-state index contributed by atoms with van der Waals surface area (Å²) in [4.78, 5) is 9.42. The predicted octanol–water partition coefficient (Wildman–Crippen LogP) is 4.36. The van der Waals surface area contributed by atoms with Gasteiger partial charge in [-0.15, -0.1) is 0 Å². The molecule has 6 nitrogen and oxygen atoms in total. The van der Waals surface area contributed by atoms with E-state index in [0.717, 1.165) is 70.9 Å². The number of piperazine rings is 1. The van der Waals surface area contributed by atoms with Crippen molar-refractivity contribution >= 4 is 16.7 Å². The van der Waals surface area contributed by atoms with E-state index in [-0.39, 0.29) is 0 Å². The molecule has 1 saturated heterocycles. The molecule has 158 valence electrons. The average molecular weight is 414 g/mol. The van der Waals surface area contributed by atoms with Gasteiger partial charge in [-0.25, -0.2) is 4.98 Å². The second kappa shape index (κ2) is 8.04. The number of aryl methyl sites for hydroxylation is 1. The summed E-state index contributed by atoms with van der Waals surface area (Å²) < 4.78 is 5.40. The smallest absolute Gasteiger partial charge is 0.181 e. The number of ether oxygens (including phenoxy) is 1. The molecule has 1 fully saturated rings. The summed E-state index contributed by atoms with van der Waals surface area (Å²) in [6, 6.07) is 17.1. The van der Waals surface area contributed by atoms with Crippen LogP contribution >= 0.6 is 0 Å². The molecule has 0 atom stereocenters. The summed E-state index contributed by atoms with van der Waals surface area (Å²) in [6.07, 6.45) is 1.90. The quantitative estimate of drug-likeness (QED) is 0.539. The van der Waals surface area contributed by atoms with Gasteiger partial charge >= 0.3 is 0 Å². The van der Waals surface area contributed by atoms with E-state index < -0.39 is 0 Å². The molecule has 5 rings (SSSR count). The van der Waals surface area contributed by atoms with Crippen molar-refractivity contribution in [3.63, 3.8) is 0 Å². The number of pyridine rings is 1. The minimum absolute atomic E-state index is 0.723. The first kappa shape index (κ1) is 19.6. The maximum absolute atomic E-state index is 5.40. The predicted molar refractivity (Wildman–Crippen MR) is 126 cm³/mol. The van der Waals surface area contributed by atoms with Gasteiger partial charge in [-0.3, -0.25) is 5.10 Å². The van der Waals surface area contributed by atoms with Gasteiger partial charge in [0.05, 0.1) is 12.8 Å². The number of anilines is 1. The van der Waals surface area contributed by atoms with Gasteiger partial charge in [-0.2, -0.15) is 5.10 Å². The number of likely N-dealkylation sites (N-methyl/N-ethyl adjacent to an activating group) is 1. The summed E-state index contributed by atoms with van der Waals surface area (Å²) in [5.41, 5.74) is 7.39. The fourth-order valence-electron chi connectivity index (χ4n) is 4.24. The molecule has 3 heterocycles. The number of methoxy groups -OCH3 is 1. The molecule has 1 N–H and O–H groups in total. The van der Waals surface area contributed by atoms with E-state index in [1.165, 1.54) is 5.69 Å². The first-order chi connectivity index (χ1) is 15.1. The van der Waals surface area contributed by atoms with Crippen molar-refractivity contribution in [3.05, 3.63) is 60.3 Å². The van der Waals surface area contributed by atoms with E-state index >= 15 is 0 Å². The van der Waals surface area contributed by atoms with Gasteiger partial charge < -0.3 is 14.5 Å². The Morgan fingerprint density at radius 1 is 0.903 bits per heavy atom. The van der Waals surface area contributed by atoms with E-state index in [1.807, 2.05) is 19.2 Å². The molecule has 0 unspecified atom stereocenters. The lowest BCUT2D eigenvalue weighted by Crippen LogP contribution is -2.44. The number of nitrogens with one attached hydrogen (secondary N) is 1. The van der Waals surface area contributed by atoms with Crippen LogP contribution in [0.3, 0.4) is 0 Å². The SMILES string of the molecule is COc1ccc(-c2[nH]nc3ncc(-c4ccc(N5CCN(C)CC5)cc4)cc23)cc1C. The molecule has 1 aliphatic rings. The Hall–Kier alpha value is -3.38. The van der Waals surface area contributed by atoms with Gasteiger partial charge in [-0.1, -0.05) is 12.1 Å². The highest BCUT2D eigenvalue weighted by Crippen LogP contribution is 2.32. The van der Waals surface area contributed by atoms with Crippen molar-refractivity contribution in [2.75, 3.05) is 45.2 Å². The molecule has 0 spiro atoms. The first-order valence-electron chi connectivity index (χ1n) is 10.7. The van der Waals surface area contributed by atoms with Crippen LogP contribution in [0.1, 0.15) is 5.56 Å². The van der Waals surface area contributed by atoms with Crippen molar-refractivity contribution in [1.82, 2.24) is 20.1 Å². The van der Waals surface area contributed by atoms with Crippen molar-refractivity contribution in [2.45, 2.75) is 6.92 Å². The normalized spacial score (nSPS) is 14.9. The molecule has 0 saturated carbocycles. The maximum atomic E-state index is 5.40. The fraction of sp³-hybridized carbons (Fsp3) is 0.280. The number of aromatic nitrogens is 3. The molecule has 31 heavy (non-hydrogen) atoms. The molecule has 1 aliphatic heterocycles. The Kier molecular flexibility index (Phi) is 5.08. The lowest BCUT2D eigenvalue weighted by Gasteiger charge is -2.34. The molecule has 0 amide bonds. The third-order valence-electron chi connectivity index (χ3n) is 6.16. The number of H-pyrrole nitrogens is 1. The van der Waals surface area contributed by atoms with E-state index in [4.69, 9.17) is 4.74 Å². The zero-order chi connectivity index (χ0) is 21.4. The summed E-state index contributed by atoms with van der Waals surface area (Å²) in [6.45, 7) is 6.41. The first-order valence-corrected chi connectivity index (χ1v) is 10.7. The van der Waals surface area contributed by atoms with E-state index in [9.17, 15) is 0 Å². The highest BCUT2D eigenvalue weighted by atomic mass is 16.5. The highest BCUT2D eigenvalue weighted by molar-refractivity contribution is 5.93. The molecular formula is C25H27N5O. The van der Waals surface area contributed by atoms with Gasteiger partial charge in [0, 0.05) is 54.6 Å². The second-order valence-electron chi connectivity index (χ2n) is 8.22. The Balaban J connectivity index is 1.46. The zero-order valence-corrected chi connectivity index (χ0v) is 18.2. The Labute approximate surface area is 182 Å². The van der Waals surface area contributed by atoms with Crippen LogP contribution in [-0.4, -0.2) is 60.4 Å². The number of benzene rings is 2. The second-order valence-corrected chi connectivity index (χ2v) is 8.22. The molecule has 0 bridgehead atoms. The number of hydrogen-bond acceptors (Lipinski definition) is 5. The topological polar surface area (TPSA) is 57.3 Å². The fourth-order valence-corrected chi connectivity index (χ4v) is 4.24. The molecule has 4 aromatic rings. The molecule has 2 aromatic heterocycles. The van der Waals surface area contributed by atoms with Crippen LogP contribution in [-0.2, 0) is 0 Å². The van der Waals surface area contributed by atoms with Crippen LogP contribution in [0.2, 0.25) is 0 Å². The minimum atomic E-state index is 0.723. The summed E-state index contributed by atoms with van der Waals surface area (Å²) in [5.74, 6) is 0.881. The highest BCUT2D eigenvalue weighted by Gasteiger charge is 2.15. The van der Waals surface area contributed by atoms with Crippen LogP contribution in [0.4, 0.5) is 5.69 Å². The Morgan fingerprint density at radius 3 is 2.35 bits per heavy atom. The van der Waals surface area contributed by atoms with Crippen molar-refractivity contribution in [1.29, 1.82) is 0 Å². The summed E-state index contributed by atoms with van der Waals surface area (Å²) >= 11 is 0. The monoisotopic (exact) mass is 413 g/mol. The standard InChI is InChI=1S/C25H27N5O/c1-17-14-19(6-9-23(17)31-3)24-22-15-20(16-26-25(22)28-27-24)18-4-7-21(8-5-18)30-12-10-29(2)11-13-30/h4-9,14-16H,10-13H2,1-3H3,(H,26,27,28). The molecule has 0 radical (unpaired) electrons. The van der Waals surface area contributed by atoms with E-state index in [1.54, 1.807) is 7.11 Å². The minimum Gasteiger partial charge on any atom is -0.496 e. The molecule has 0 aliphatic carbocycles. The molecule has 2 aromatic carbocycles. The van der Waals surface area contributed by atoms with Crippen molar-refractivity contribution in [3.8, 4) is 28.1 Å². The average Bonchev–Trinajstić information content (AvgIpc) is 3.23. The summed E-state index contributed by atoms with van der Waals surface area (Å²) in [7, 11) is 3.87. The number of hydrogen-bond donors (Lipinski definition) is 1.